The SMILES string of the molecule is CN1C[C@H]2CN(C(=O)c3ccc(N4CCOCC4)nc3)C[C@H]2[C@@H]1c1ccccc1. The van der Waals surface area contributed by atoms with Crippen molar-refractivity contribution in [1.29, 1.82) is 0 Å². The zero-order valence-electron chi connectivity index (χ0n) is 16.9. The van der Waals surface area contributed by atoms with Crippen molar-refractivity contribution in [3.05, 3.63) is 59.8 Å². The largest absolute Gasteiger partial charge is 0.378 e. The summed E-state index contributed by atoms with van der Waals surface area (Å²) in [6, 6.07) is 15.0. The van der Waals surface area contributed by atoms with E-state index in [4.69, 9.17) is 4.74 Å². The molecular formula is C23H28N4O2. The summed E-state index contributed by atoms with van der Waals surface area (Å²) in [6.45, 7) is 5.86. The topological polar surface area (TPSA) is 48.9 Å². The van der Waals surface area contributed by atoms with E-state index in [0.717, 1.165) is 51.8 Å². The number of likely N-dealkylation sites (tertiary alicyclic amines) is 2. The third-order valence-electron chi connectivity index (χ3n) is 6.65. The number of benzene rings is 1. The van der Waals surface area contributed by atoms with Crippen LogP contribution in [0.4, 0.5) is 5.82 Å². The molecule has 6 nitrogen and oxygen atoms in total. The van der Waals surface area contributed by atoms with E-state index in [9.17, 15) is 4.79 Å². The maximum Gasteiger partial charge on any atom is 0.255 e. The molecule has 5 rings (SSSR count). The standard InChI is InChI=1S/C23H28N4O2/c1-25-14-19-15-27(16-20(19)22(25)17-5-3-2-4-6-17)23(28)18-7-8-21(24-13-18)26-9-11-29-12-10-26/h2-8,13,19-20,22H,9-12,14-16H2,1H3/t19-,20+,22-/m0/s1. The van der Waals surface area contributed by atoms with Crippen LogP contribution in [0, 0.1) is 11.8 Å². The Hall–Kier alpha value is -2.44. The van der Waals surface area contributed by atoms with E-state index in [1.807, 2.05) is 17.0 Å². The van der Waals surface area contributed by atoms with Crippen LogP contribution in [0.3, 0.4) is 0 Å². The molecule has 0 bridgehead atoms. The minimum Gasteiger partial charge on any atom is -0.378 e. The first-order chi connectivity index (χ1) is 14.2. The van der Waals surface area contributed by atoms with Crippen molar-refractivity contribution in [2.45, 2.75) is 6.04 Å². The van der Waals surface area contributed by atoms with E-state index in [1.165, 1.54) is 5.56 Å². The molecule has 3 fully saturated rings. The van der Waals surface area contributed by atoms with Crippen LogP contribution in [-0.2, 0) is 4.74 Å². The Labute approximate surface area is 172 Å². The fraction of sp³-hybridized carbons (Fsp3) is 0.478. The van der Waals surface area contributed by atoms with Crippen LogP contribution >= 0.6 is 0 Å². The summed E-state index contributed by atoms with van der Waals surface area (Å²) in [5.74, 6) is 2.06. The van der Waals surface area contributed by atoms with E-state index in [2.05, 4.69) is 52.2 Å². The molecular weight excluding hydrogens is 364 g/mol. The Morgan fingerprint density at radius 2 is 1.83 bits per heavy atom. The molecule has 0 N–H and O–H groups in total. The molecule has 0 saturated carbocycles. The number of hydrogen-bond donors (Lipinski definition) is 0. The Bertz CT molecular complexity index is 851. The van der Waals surface area contributed by atoms with E-state index in [0.29, 0.717) is 23.4 Å². The number of anilines is 1. The minimum atomic E-state index is 0.106. The van der Waals surface area contributed by atoms with Crippen molar-refractivity contribution in [2.75, 3.05) is 57.9 Å². The van der Waals surface area contributed by atoms with Gasteiger partial charge in [0.2, 0.25) is 0 Å². The molecule has 152 valence electrons. The highest BCUT2D eigenvalue weighted by atomic mass is 16.5. The molecule has 1 aromatic heterocycles. The van der Waals surface area contributed by atoms with Crippen molar-refractivity contribution in [3.63, 3.8) is 0 Å². The number of aromatic nitrogens is 1. The van der Waals surface area contributed by atoms with Gasteiger partial charge in [0.25, 0.3) is 5.91 Å². The fourth-order valence-electron chi connectivity index (χ4n) is 5.25. The number of carbonyl (C=O) groups excluding carboxylic acids is 1. The fourth-order valence-corrected chi connectivity index (χ4v) is 5.25. The molecule has 0 spiro atoms. The van der Waals surface area contributed by atoms with Gasteiger partial charge in [0.05, 0.1) is 18.8 Å². The Morgan fingerprint density at radius 1 is 1.03 bits per heavy atom. The van der Waals surface area contributed by atoms with E-state index in [-0.39, 0.29) is 5.91 Å². The number of rotatable bonds is 3. The molecule has 0 radical (unpaired) electrons. The highest BCUT2D eigenvalue weighted by molar-refractivity contribution is 5.94. The summed E-state index contributed by atoms with van der Waals surface area (Å²) < 4.78 is 5.40. The van der Waals surface area contributed by atoms with Crippen LogP contribution in [-0.4, -0.2) is 73.7 Å². The van der Waals surface area contributed by atoms with Crippen molar-refractivity contribution < 1.29 is 9.53 Å². The monoisotopic (exact) mass is 392 g/mol. The average molecular weight is 393 g/mol. The van der Waals surface area contributed by atoms with Gasteiger partial charge in [0.15, 0.2) is 0 Å². The van der Waals surface area contributed by atoms with Gasteiger partial charge >= 0.3 is 0 Å². The maximum absolute atomic E-state index is 13.1. The van der Waals surface area contributed by atoms with Crippen molar-refractivity contribution in [3.8, 4) is 0 Å². The predicted octanol–water partition coefficient (Wildman–Crippen LogP) is 2.29. The third kappa shape index (κ3) is 3.51. The van der Waals surface area contributed by atoms with Crippen LogP contribution in [0.25, 0.3) is 0 Å². The molecule has 3 aliphatic rings. The van der Waals surface area contributed by atoms with Crippen molar-refractivity contribution in [1.82, 2.24) is 14.8 Å². The third-order valence-corrected chi connectivity index (χ3v) is 6.65. The molecule has 3 saturated heterocycles. The zero-order valence-corrected chi connectivity index (χ0v) is 16.9. The smallest absolute Gasteiger partial charge is 0.255 e. The van der Waals surface area contributed by atoms with E-state index < -0.39 is 0 Å². The molecule has 3 aliphatic heterocycles. The molecule has 0 aliphatic carbocycles. The van der Waals surface area contributed by atoms with Gasteiger partial charge in [0, 0.05) is 50.9 Å². The number of morpholine rings is 1. The lowest BCUT2D eigenvalue weighted by molar-refractivity contribution is 0.0767. The Balaban J connectivity index is 1.28. The second kappa shape index (κ2) is 7.76. The zero-order chi connectivity index (χ0) is 19.8. The van der Waals surface area contributed by atoms with Crippen molar-refractivity contribution >= 4 is 11.7 Å². The average Bonchev–Trinajstić information content (AvgIpc) is 3.31. The van der Waals surface area contributed by atoms with Gasteiger partial charge in [-0.1, -0.05) is 30.3 Å². The lowest BCUT2D eigenvalue weighted by atomic mass is 9.90. The molecule has 2 aromatic rings. The van der Waals surface area contributed by atoms with Crippen LogP contribution in [0.1, 0.15) is 22.0 Å². The van der Waals surface area contributed by atoms with Gasteiger partial charge in [-0.05, 0) is 30.7 Å². The second-order valence-corrected chi connectivity index (χ2v) is 8.43. The summed E-state index contributed by atoms with van der Waals surface area (Å²) >= 11 is 0. The first kappa shape index (κ1) is 18.6. The minimum absolute atomic E-state index is 0.106. The first-order valence-electron chi connectivity index (χ1n) is 10.5. The Morgan fingerprint density at radius 3 is 2.55 bits per heavy atom. The number of ether oxygens (including phenoxy) is 1. The van der Waals surface area contributed by atoms with Crippen LogP contribution in [0.5, 0.6) is 0 Å². The molecule has 3 atom stereocenters. The maximum atomic E-state index is 13.1. The van der Waals surface area contributed by atoms with Gasteiger partial charge in [-0.25, -0.2) is 4.98 Å². The summed E-state index contributed by atoms with van der Waals surface area (Å²) in [6.07, 6.45) is 1.74. The molecule has 1 aromatic carbocycles. The Kier molecular flexibility index (Phi) is 4.97. The summed E-state index contributed by atoms with van der Waals surface area (Å²) in [5, 5.41) is 0. The van der Waals surface area contributed by atoms with Gasteiger partial charge < -0.3 is 14.5 Å². The number of amides is 1. The highest BCUT2D eigenvalue weighted by Gasteiger charge is 2.47. The molecule has 29 heavy (non-hydrogen) atoms. The molecule has 6 heteroatoms. The summed E-state index contributed by atoms with van der Waals surface area (Å²) in [7, 11) is 2.20. The van der Waals surface area contributed by atoms with Gasteiger partial charge in [-0.2, -0.15) is 0 Å². The van der Waals surface area contributed by atoms with Gasteiger partial charge in [-0.15, -0.1) is 0 Å². The number of hydrogen-bond acceptors (Lipinski definition) is 5. The number of pyridine rings is 1. The first-order valence-corrected chi connectivity index (χ1v) is 10.5. The van der Waals surface area contributed by atoms with Crippen LogP contribution in [0.2, 0.25) is 0 Å². The summed E-state index contributed by atoms with van der Waals surface area (Å²) in [4.78, 5) is 24.4. The lowest BCUT2D eigenvalue weighted by Gasteiger charge is -2.28. The van der Waals surface area contributed by atoms with Crippen molar-refractivity contribution in [2.24, 2.45) is 11.8 Å². The number of carbonyl (C=O) groups is 1. The van der Waals surface area contributed by atoms with E-state index in [1.54, 1.807) is 6.20 Å². The molecule has 0 unspecified atom stereocenters. The highest BCUT2D eigenvalue weighted by Crippen LogP contribution is 2.44. The molecule has 1 amide bonds. The van der Waals surface area contributed by atoms with Gasteiger partial charge in [0.1, 0.15) is 5.82 Å². The quantitative estimate of drug-likeness (QED) is 0.802. The predicted molar refractivity (Wildman–Crippen MR) is 112 cm³/mol. The lowest BCUT2D eigenvalue weighted by Crippen LogP contribution is -2.37. The van der Waals surface area contributed by atoms with E-state index >= 15 is 0 Å². The number of nitrogens with zero attached hydrogens (tertiary/aromatic N) is 4. The second-order valence-electron chi connectivity index (χ2n) is 8.43. The summed E-state index contributed by atoms with van der Waals surface area (Å²) in [5.41, 5.74) is 2.04. The molecule has 4 heterocycles. The number of fused-ring (bicyclic) bond motifs is 1. The van der Waals surface area contributed by atoms with Gasteiger partial charge in [-0.3, -0.25) is 9.69 Å². The normalized spacial score (nSPS) is 27.3. The van der Waals surface area contributed by atoms with Crippen LogP contribution in [0.15, 0.2) is 48.7 Å². The van der Waals surface area contributed by atoms with Crippen LogP contribution < -0.4 is 4.90 Å².